The second-order valence-corrected chi connectivity index (χ2v) is 3.12. The average molecular weight is 184 g/mol. The summed E-state index contributed by atoms with van der Waals surface area (Å²) in [6.45, 7) is 0.546. The van der Waals surface area contributed by atoms with Gasteiger partial charge in [-0.2, -0.15) is 12.6 Å². The monoisotopic (exact) mass is 184 g/mol. The molecule has 0 fully saturated rings. The van der Waals surface area contributed by atoms with Crippen molar-refractivity contribution in [1.29, 1.82) is 0 Å². The first kappa shape index (κ1) is 9.35. The number of nitrogens with two attached hydrogens (primary N) is 1. The van der Waals surface area contributed by atoms with Crippen LogP contribution in [0.2, 0.25) is 0 Å². The molecule has 12 heavy (non-hydrogen) atoms. The molecule has 0 aliphatic heterocycles. The van der Waals surface area contributed by atoms with Crippen molar-refractivity contribution in [3.8, 4) is 5.75 Å². The van der Waals surface area contributed by atoms with Crippen LogP contribution in [0.1, 0.15) is 17.4 Å². The molecule has 0 aliphatic carbocycles. The molecule has 1 atom stereocenters. The number of pyridine rings is 1. The van der Waals surface area contributed by atoms with E-state index in [0.29, 0.717) is 18.7 Å². The molecule has 0 bridgehead atoms. The lowest BCUT2D eigenvalue weighted by Crippen LogP contribution is -2.04. The molecule has 0 amide bonds. The van der Waals surface area contributed by atoms with Gasteiger partial charge in [0.1, 0.15) is 5.75 Å². The van der Waals surface area contributed by atoms with Crippen molar-refractivity contribution in [1.82, 2.24) is 4.98 Å². The fourth-order valence-corrected chi connectivity index (χ4v) is 1.31. The van der Waals surface area contributed by atoms with Gasteiger partial charge >= 0.3 is 0 Å². The van der Waals surface area contributed by atoms with Crippen molar-refractivity contribution in [3.63, 3.8) is 0 Å². The van der Waals surface area contributed by atoms with Gasteiger partial charge in [0.2, 0.25) is 0 Å². The van der Waals surface area contributed by atoms with E-state index in [4.69, 9.17) is 5.73 Å². The zero-order chi connectivity index (χ0) is 8.97. The number of nitrogens with zero attached hydrogens (tertiary/aromatic N) is 1. The third-order valence-corrected chi connectivity index (χ3v) is 2.07. The first-order valence-corrected chi connectivity index (χ1v) is 4.29. The van der Waals surface area contributed by atoms with Crippen molar-refractivity contribution in [2.45, 2.75) is 11.7 Å². The predicted octanol–water partition coefficient (Wildman–Crippen LogP) is 1.11. The second-order valence-electron chi connectivity index (χ2n) is 2.50. The summed E-state index contributed by atoms with van der Waals surface area (Å²) in [5.41, 5.74) is 5.96. The summed E-state index contributed by atoms with van der Waals surface area (Å²) < 4.78 is 0. The lowest BCUT2D eigenvalue weighted by molar-refractivity contribution is 0.462. The highest BCUT2D eigenvalue weighted by atomic mass is 32.1. The molecule has 1 heterocycles. The van der Waals surface area contributed by atoms with E-state index < -0.39 is 0 Å². The van der Waals surface area contributed by atoms with Crippen molar-refractivity contribution in [3.05, 3.63) is 24.0 Å². The smallest absolute Gasteiger partial charge is 0.138 e. The molecule has 0 saturated carbocycles. The normalized spacial score (nSPS) is 12.8. The first-order chi connectivity index (χ1) is 5.75. The van der Waals surface area contributed by atoms with Gasteiger partial charge in [-0.3, -0.25) is 4.98 Å². The summed E-state index contributed by atoms with van der Waals surface area (Å²) in [7, 11) is 0. The topological polar surface area (TPSA) is 59.1 Å². The second kappa shape index (κ2) is 4.33. The van der Waals surface area contributed by atoms with Gasteiger partial charge in [-0.05, 0) is 25.1 Å². The molecule has 0 radical (unpaired) electrons. The highest BCUT2D eigenvalue weighted by Gasteiger charge is 2.10. The standard InChI is InChI=1S/C8H12N2OS/c9-4-3-7(12)8-6(11)2-1-5-10-8/h1-2,5,7,11-12H,3-4,9H2. The maximum Gasteiger partial charge on any atom is 0.138 e. The number of hydrogen-bond acceptors (Lipinski definition) is 4. The summed E-state index contributed by atoms with van der Waals surface area (Å²) in [6.07, 6.45) is 2.35. The maximum absolute atomic E-state index is 9.36. The molecule has 1 aromatic heterocycles. The third kappa shape index (κ3) is 2.12. The maximum atomic E-state index is 9.36. The molecular formula is C8H12N2OS. The van der Waals surface area contributed by atoms with Gasteiger partial charge in [0.25, 0.3) is 0 Å². The van der Waals surface area contributed by atoms with Gasteiger partial charge < -0.3 is 10.8 Å². The van der Waals surface area contributed by atoms with Gasteiger partial charge in [0.05, 0.1) is 5.69 Å². The van der Waals surface area contributed by atoms with Crippen molar-refractivity contribution in [2.24, 2.45) is 5.73 Å². The Hall–Kier alpha value is -0.740. The molecule has 1 unspecified atom stereocenters. The molecule has 0 aliphatic rings. The Balaban J connectivity index is 2.79. The van der Waals surface area contributed by atoms with E-state index in [0.717, 1.165) is 0 Å². The van der Waals surface area contributed by atoms with E-state index in [-0.39, 0.29) is 11.0 Å². The first-order valence-electron chi connectivity index (χ1n) is 3.77. The van der Waals surface area contributed by atoms with Crippen LogP contribution in [-0.4, -0.2) is 16.6 Å². The van der Waals surface area contributed by atoms with Crippen LogP contribution in [-0.2, 0) is 0 Å². The van der Waals surface area contributed by atoms with Crippen LogP contribution in [0.25, 0.3) is 0 Å². The van der Waals surface area contributed by atoms with Gasteiger partial charge in [-0.1, -0.05) is 0 Å². The predicted molar refractivity (Wildman–Crippen MR) is 51.3 cm³/mol. The van der Waals surface area contributed by atoms with Crippen molar-refractivity contribution >= 4 is 12.6 Å². The summed E-state index contributed by atoms with van der Waals surface area (Å²) >= 11 is 4.27. The molecule has 4 heteroatoms. The Kier molecular flexibility index (Phi) is 3.37. The lowest BCUT2D eigenvalue weighted by atomic mass is 10.2. The Bertz CT molecular complexity index is 255. The molecule has 0 aromatic carbocycles. The average Bonchev–Trinajstić information content (AvgIpc) is 2.05. The molecule has 1 aromatic rings. The highest BCUT2D eigenvalue weighted by molar-refractivity contribution is 7.80. The zero-order valence-corrected chi connectivity index (χ0v) is 7.54. The molecular weight excluding hydrogens is 172 g/mol. The zero-order valence-electron chi connectivity index (χ0n) is 6.64. The SMILES string of the molecule is NCCC(S)c1ncccc1O. The molecule has 3 N–H and O–H groups in total. The van der Waals surface area contributed by atoms with Gasteiger partial charge in [-0.15, -0.1) is 0 Å². The van der Waals surface area contributed by atoms with Gasteiger partial charge in [-0.25, -0.2) is 0 Å². The molecule has 0 saturated heterocycles. The largest absolute Gasteiger partial charge is 0.506 e. The molecule has 0 spiro atoms. The van der Waals surface area contributed by atoms with Gasteiger partial charge in [0, 0.05) is 11.4 Å². The third-order valence-electron chi connectivity index (χ3n) is 1.57. The number of thiol groups is 1. The van der Waals surface area contributed by atoms with E-state index in [1.807, 2.05) is 0 Å². The minimum absolute atomic E-state index is 0.0730. The van der Waals surface area contributed by atoms with E-state index >= 15 is 0 Å². The fourth-order valence-electron chi connectivity index (χ4n) is 0.960. The minimum atomic E-state index is -0.0730. The van der Waals surface area contributed by atoms with Crippen LogP contribution >= 0.6 is 12.6 Å². The van der Waals surface area contributed by atoms with Crippen molar-refractivity contribution < 1.29 is 5.11 Å². The van der Waals surface area contributed by atoms with Crippen LogP contribution in [0.5, 0.6) is 5.75 Å². The Morgan fingerprint density at radius 2 is 2.42 bits per heavy atom. The van der Waals surface area contributed by atoms with E-state index in [1.165, 1.54) is 0 Å². The number of aromatic nitrogens is 1. The molecule has 1 rings (SSSR count). The van der Waals surface area contributed by atoms with E-state index in [1.54, 1.807) is 18.3 Å². The number of aromatic hydroxyl groups is 1. The summed E-state index contributed by atoms with van der Waals surface area (Å²) in [4.78, 5) is 4.01. The van der Waals surface area contributed by atoms with Crippen LogP contribution in [0.15, 0.2) is 18.3 Å². The fraction of sp³-hybridized carbons (Fsp3) is 0.375. The molecule has 3 nitrogen and oxygen atoms in total. The Morgan fingerprint density at radius 1 is 1.67 bits per heavy atom. The van der Waals surface area contributed by atoms with Crippen molar-refractivity contribution in [2.75, 3.05) is 6.54 Å². The van der Waals surface area contributed by atoms with Gasteiger partial charge in [0.15, 0.2) is 0 Å². The van der Waals surface area contributed by atoms with Crippen LogP contribution < -0.4 is 5.73 Å². The number of rotatable bonds is 3. The summed E-state index contributed by atoms with van der Waals surface area (Å²) in [6, 6.07) is 3.28. The van der Waals surface area contributed by atoms with Crippen LogP contribution in [0.4, 0.5) is 0 Å². The quantitative estimate of drug-likeness (QED) is 0.617. The van der Waals surface area contributed by atoms with E-state index in [9.17, 15) is 5.11 Å². The minimum Gasteiger partial charge on any atom is -0.506 e. The van der Waals surface area contributed by atoms with E-state index in [2.05, 4.69) is 17.6 Å². The Labute approximate surface area is 77.0 Å². The van der Waals surface area contributed by atoms with Crippen LogP contribution in [0.3, 0.4) is 0 Å². The highest BCUT2D eigenvalue weighted by Crippen LogP contribution is 2.27. The summed E-state index contributed by atoms with van der Waals surface area (Å²) in [5.74, 6) is 0.186. The Morgan fingerprint density at radius 3 is 3.00 bits per heavy atom. The molecule has 66 valence electrons. The number of hydrogen-bond donors (Lipinski definition) is 3. The van der Waals surface area contributed by atoms with Crippen LogP contribution in [0, 0.1) is 0 Å². The summed E-state index contributed by atoms with van der Waals surface area (Å²) in [5, 5.41) is 9.28. The lowest BCUT2D eigenvalue weighted by Gasteiger charge is -2.09.